The van der Waals surface area contributed by atoms with Crippen molar-refractivity contribution in [2.45, 2.75) is 25.0 Å². The molecule has 2 bridgehead atoms. The number of halogens is 1. The van der Waals surface area contributed by atoms with Gasteiger partial charge < -0.3 is 9.64 Å². The van der Waals surface area contributed by atoms with Crippen LogP contribution >= 0.6 is 15.9 Å². The van der Waals surface area contributed by atoms with Gasteiger partial charge in [-0.3, -0.25) is 10.1 Å². The van der Waals surface area contributed by atoms with Crippen LogP contribution in [0.4, 0.5) is 11.4 Å². The Hall–Kier alpha value is -1.14. The van der Waals surface area contributed by atoms with E-state index in [2.05, 4.69) is 20.8 Å². The lowest BCUT2D eigenvalue weighted by Crippen LogP contribution is -2.42. The lowest BCUT2D eigenvalue weighted by molar-refractivity contribution is -0.384. The number of nitro benzene ring substituents is 1. The van der Waals surface area contributed by atoms with Gasteiger partial charge in [-0.15, -0.1) is 0 Å². The number of nitro groups is 1. The minimum Gasteiger partial charge on any atom is -0.379 e. The molecule has 1 heterocycles. The lowest BCUT2D eigenvalue weighted by atomic mass is 9.88. The Balaban J connectivity index is 1.76. The van der Waals surface area contributed by atoms with Crippen LogP contribution in [0.15, 0.2) is 22.7 Å². The molecule has 4 rings (SSSR count). The van der Waals surface area contributed by atoms with Gasteiger partial charge in [0.2, 0.25) is 0 Å². The molecule has 0 radical (unpaired) electrons. The molecule has 2 saturated carbocycles. The van der Waals surface area contributed by atoms with Crippen molar-refractivity contribution >= 4 is 27.3 Å². The quantitative estimate of drug-likeness (QED) is 0.619. The minimum absolute atomic E-state index is 0.184. The van der Waals surface area contributed by atoms with Crippen molar-refractivity contribution in [2.24, 2.45) is 17.8 Å². The summed E-state index contributed by atoms with van der Waals surface area (Å²) in [5.41, 5.74) is 0.925. The molecule has 21 heavy (non-hydrogen) atoms. The number of hydrogen-bond acceptors (Lipinski definition) is 4. The predicted molar refractivity (Wildman–Crippen MR) is 82.4 cm³/mol. The summed E-state index contributed by atoms with van der Waals surface area (Å²) in [5, 5.41) is 11.4. The van der Waals surface area contributed by atoms with Gasteiger partial charge in [0.25, 0.3) is 5.69 Å². The van der Waals surface area contributed by atoms with E-state index in [1.165, 1.54) is 12.8 Å². The summed E-state index contributed by atoms with van der Waals surface area (Å²) in [6.07, 6.45) is 2.65. The molecular weight excluding hydrogens is 336 g/mol. The van der Waals surface area contributed by atoms with Crippen LogP contribution in [0.5, 0.6) is 0 Å². The molecule has 3 aliphatic rings. The first-order chi connectivity index (χ1) is 10.1. The van der Waals surface area contributed by atoms with Gasteiger partial charge in [0.1, 0.15) is 5.69 Å². The van der Waals surface area contributed by atoms with Crippen molar-refractivity contribution in [3.05, 3.63) is 32.8 Å². The number of ether oxygens (including phenoxy) is 1. The number of benzene rings is 1. The Labute approximate surface area is 131 Å². The van der Waals surface area contributed by atoms with Crippen molar-refractivity contribution in [1.29, 1.82) is 0 Å². The highest BCUT2D eigenvalue weighted by Crippen LogP contribution is 2.57. The van der Waals surface area contributed by atoms with Crippen LogP contribution in [0.2, 0.25) is 0 Å². The van der Waals surface area contributed by atoms with Crippen LogP contribution in [0, 0.1) is 27.9 Å². The highest BCUT2D eigenvalue weighted by Gasteiger charge is 2.60. The van der Waals surface area contributed by atoms with Crippen LogP contribution in [-0.4, -0.2) is 30.7 Å². The Bertz CT molecular complexity index is 607. The Morgan fingerprint density at radius 3 is 2.90 bits per heavy atom. The van der Waals surface area contributed by atoms with E-state index >= 15 is 0 Å². The Kier molecular flexibility index (Phi) is 3.01. The molecule has 1 saturated heterocycles. The Morgan fingerprint density at radius 1 is 1.38 bits per heavy atom. The number of fused-ring (bicyclic) bond motifs is 1. The summed E-state index contributed by atoms with van der Waals surface area (Å²) < 4.78 is 6.47. The third-order valence-electron chi connectivity index (χ3n) is 5.53. The molecule has 0 spiro atoms. The molecule has 112 valence electrons. The fourth-order valence-corrected chi connectivity index (χ4v) is 5.23. The van der Waals surface area contributed by atoms with Crippen molar-refractivity contribution in [2.75, 3.05) is 18.6 Å². The van der Waals surface area contributed by atoms with Gasteiger partial charge >= 0.3 is 0 Å². The maximum Gasteiger partial charge on any atom is 0.293 e. The molecule has 6 heteroatoms. The second-order valence-corrected chi connectivity index (χ2v) is 7.30. The van der Waals surface area contributed by atoms with Crippen molar-refractivity contribution in [3.8, 4) is 0 Å². The minimum atomic E-state index is -0.283. The van der Waals surface area contributed by atoms with E-state index in [1.54, 1.807) is 13.2 Å². The summed E-state index contributed by atoms with van der Waals surface area (Å²) in [4.78, 5) is 13.3. The second-order valence-electron chi connectivity index (χ2n) is 6.39. The normalized spacial score (nSPS) is 36.5. The van der Waals surface area contributed by atoms with E-state index in [1.807, 2.05) is 12.1 Å². The van der Waals surface area contributed by atoms with Crippen LogP contribution in [-0.2, 0) is 4.74 Å². The molecule has 0 N–H and O–H groups in total. The Morgan fingerprint density at radius 2 is 2.19 bits per heavy atom. The monoisotopic (exact) mass is 352 g/mol. The third kappa shape index (κ3) is 1.85. The van der Waals surface area contributed by atoms with Crippen LogP contribution in [0.25, 0.3) is 0 Å². The molecule has 5 nitrogen and oxygen atoms in total. The summed E-state index contributed by atoms with van der Waals surface area (Å²) >= 11 is 3.33. The van der Waals surface area contributed by atoms with Crippen LogP contribution in [0.1, 0.15) is 12.8 Å². The average Bonchev–Trinajstić information content (AvgIpc) is 3.06. The fraction of sp³-hybridized carbons (Fsp3) is 0.600. The summed E-state index contributed by atoms with van der Waals surface area (Å²) in [6.45, 7) is 0.925. The zero-order chi connectivity index (χ0) is 14.7. The number of methoxy groups -OCH3 is 1. The van der Waals surface area contributed by atoms with Gasteiger partial charge in [0, 0.05) is 24.2 Å². The zero-order valence-electron chi connectivity index (χ0n) is 11.7. The van der Waals surface area contributed by atoms with Gasteiger partial charge in [0.05, 0.1) is 17.1 Å². The van der Waals surface area contributed by atoms with E-state index < -0.39 is 0 Å². The van der Waals surface area contributed by atoms with Gasteiger partial charge in [-0.1, -0.05) is 15.9 Å². The smallest absolute Gasteiger partial charge is 0.293 e. The molecule has 0 amide bonds. The highest BCUT2D eigenvalue weighted by atomic mass is 79.9. The maximum absolute atomic E-state index is 11.4. The first-order valence-corrected chi connectivity index (χ1v) is 8.13. The van der Waals surface area contributed by atoms with Crippen molar-refractivity contribution in [3.63, 3.8) is 0 Å². The average molecular weight is 353 g/mol. The first kappa shape index (κ1) is 13.5. The standard InChI is InChI=1S/C15H17BrN2O3/c1-21-15-8-4-9-7-17(14(15)11(9)5-8)12-3-2-10(16)6-13(12)18(19)20/h2-3,6,8-9,11,14-15H,4-5,7H2,1H3. The van der Waals surface area contributed by atoms with E-state index in [0.29, 0.717) is 23.8 Å². The molecule has 5 atom stereocenters. The fourth-order valence-electron chi connectivity index (χ4n) is 4.88. The number of hydrogen-bond donors (Lipinski definition) is 0. The molecular formula is C15H17BrN2O3. The summed E-state index contributed by atoms with van der Waals surface area (Å²) in [5.74, 6) is 1.95. The molecule has 1 aromatic rings. The van der Waals surface area contributed by atoms with Crippen molar-refractivity contribution < 1.29 is 9.66 Å². The first-order valence-electron chi connectivity index (χ1n) is 7.33. The molecule has 5 unspecified atom stereocenters. The number of nitrogens with zero attached hydrogens (tertiary/aromatic N) is 2. The van der Waals surface area contributed by atoms with E-state index in [4.69, 9.17) is 4.74 Å². The molecule has 1 aromatic carbocycles. The van der Waals surface area contributed by atoms with E-state index in [0.717, 1.165) is 16.7 Å². The van der Waals surface area contributed by atoms with E-state index in [9.17, 15) is 10.1 Å². The van der Waals surface area contributed by atoms with Crippen LogP contribution < -0.4 is 4.90 Å². The summed E-state index contributed by atoms with van der Waals surface area (Å²) in [6, 6.07) is 5.66. The summed E-state index contributed by atoms with van der Waals surface area (Å²) in [7, 11) is 1.77. The molecule has 3 fully saturated rings. The predicted octanol–water partition coefficient (Wildman–Crippen LogP) is 3.22. The molecule has 2 aliphatic carbocycles. The van der Waals surface area contributed by atoms with Gasteiger partial charge in [0.15, 0.2) is 0 Å². The molecule has 0 aromatic heterocycles. The maximum atomic E-state index is 11.4. The zero-order valence-corrected chi connectivity index (χ0v) is 13.3. The van der Waals surface area contributed by atoms with E-state index in [-0.39, 0.29) is 16.7 Å². The largest absolute Gasteiger partial charge is 0.379 e. The van der Waals surface area contributed by atoms with Crippen molar-refractivity contribution in [1.82, 2.24) is 0 Å². The lowest BCUT2D eigenvalue weighted by Gasteiger charge is -2.32. The highest BCUT2D eigenvalue weighted by molar-refractivity contribution is 9.10. The SMILES string of the molecule is COC1C2CC3CN(c4ccc(Br)cc4[N+](=O)[O-])C1C3C2. The van der Waals surface area contributed by atoms with Crippen LogP contribution in [0.3, 0.4) is 0 Å². The van der Waals surface area contributed by atoms with Gasteiger partial charge in [-0.05, 0) is 42.7 Å². The third-order valence-corrected chi connectivity index (χ3v) is 6.03. The number of rotatable bonds is 3. The molecule has 1 aliphatic heterocycles. The van der Waals surface area contributed by atoms with Gasteiger partial charge in [-0.2, -0.15) is 0 Å². The van der Waals surface area contributed by atoms with Gasteiger partial charge in [-0.25, -0.2) is 0 Å². The second kappa shape index (κ2) is 4.68. The number of anilines is 1. The topological polar surface area (TPSA) is 55.6 Å².